The summed E-state index contributed by atoms with van der Waals surface area (Å²) in [7, 11) is 1.62. The largest absolute Gasteiger partial charge is 0.481 e. The lowest BCUT2D eigenvalue weighted by molar-refractivity contribution is 0.367. The maximum absolute atomic E-state index is 5.12. The van der Waals surface area contributed by atoms with Gasteiger partial charge in [-0.1, -0.05) is 0 Å². The number of aromatic nitrogens is 2. The molecule has 1 aromatic rings. The average molecular weight is 222 g/mol. The molecule has 1 fully saturated rings. The molecular formula is C11H18N4O. The van der Waals surface area contributed by atoms with Crippen molar-refractivity contribution in [1.29, 1.82) is 0 Å². The Bertz CT molecular complexity index is 367. The van der Waals surface area contributed by atoms with Gasteiger partial charge in [0.05, 0.1) is 7.11 Å². The van der Waals surface area contributed by atoms with Gasteiger partial charge >= 0.3 is 0 Å². The molecule has 2 rings (SSSR count). The van der Waals surface area contributed by atoms with Crippen LogP contribution in [-0.2, 0) is 0 Å². The zero-order valence-electron chi connectivity index (χ0n) is 10.0. The molecule has 0 radical (unpaired) electrons. The highest BCUT2D eigenvalue weighted by atomic mass is 16.5. The quantitative estimate of drug-likeness (QED) is 0.797. The van der Waals surface area contributed by atoms with Gasteiger partial charge in [-0.25, -0.2) is 4.98 Å². The van der Waals surface area contributed by atoms with Crippen molar-refractivity contribution in [3.8, 4) is 5.88 Å². The maximum atomic E-state index is 5.12. The number of rotatable bonds is 2. The fourth-order valence-electron chi connectivity index (χ4n) is 1.93. The molecule has 1 aliphatic rings. The van der Waals surface area contributed by atoms with Gasteiger partial charge in [0.15, 0.2) is 0 Å². The van der Waals surface area contributed by atoms with Crippen molar-refractivity contribution in [2.24, 2.45) is 0 Å². The maximum Gasteiger partial charge on any atom is 0.229 e. The molecule has 1 saturated heterocycles. The molecule has 1 N–H and O–H groups in total. The fourth-order valence-corrected chi connectivity index (χ4v) is 1.93. The van der Waals surface area contributed by atoms with Crippen LogP contribution in [0.15, 0.2) is 12.3 Å². The van der Waals surface area contributed by atoms with Crippen molar-refractivity contribution in [2.75, 3.05) is 31.6 Å². The zero-order valence-corrected chi connectivity index (χ0v) is 10.0. The Morgan fingerprint density at radius 2 is 2.31 bits per heavy atom. The number of nitrogens with one attached hydrogen (secondary N) is 1. The SMILES string of the molecule is COc1ccnc(N2CCNCC2(C)C)n1. The molecule has 0 saturated carbocycles. The molecular weight excluding hydrogens is 204 g/mol. The van der Waals surface area contributed by atoms with Crippen molar-refractivity contribution in [3.63, 3.8) is 0 Å². The van der Waals surface area contributed by atoms with Crippen molar-refractivity contribution in [1.82, 2.24) is 15.3 Å². The summed E-state index contributed by atoms with van der Waals surface area (Å²) in [5.41, 5.74) is 0.0324. The van der Waals surface area contributed by atoms with E-state index in [1.807, 2.05) is 0 Å². The molecule has 5 nitrogen and oxygen atoms in total. The van der Waals surface area contributed by atoms with E-state index in [9.17, 15) is 0 Å². The second-order valence-electron chi connectivity index (χ2n) is 4.54. The van der Waals surface area contributed by atoms with Gasteiger partial charge in [0, 0.05) is 37.4 Å². The number of methoxy groups -OCH3 is 1. The van der Waals surface area contributed by atoms with Crippen molar-refractivity contribution >= 4 is 5.95 Å². The summed E-state index contributed by atoms with van der Waals surface area (Å²) < 4.78 is 5.12. The van der Waals surface area contributed by atoms with E-state index < -0.39 is 0 Å². The van der Waals surface area contributed by atoms with Gasteiger partial charge in [0.2, 0.25) is 11.8 Å². The Hall–Kier alpha value is -1.36. The molecule has 0 atom stereocenters. The van der Waals surface area contributed by atoms with Crippen LogP contribution in [-0.4, -0.2) is 42.3 Å². The normalized spacial score (nSPS) is 19.6. The van der Waals surface area contributed by atoms with Crippen LogP contribution < -0.4 is 15.0 Å². The number of ether oxygens (including phenoxy) is 1. The number of hydrogen-bond acceptors (Lipinski definition) is 5. The van der Waals surface area contributed by atoms with Gasteiger partial charge in [0.1, 0.15) is 0 Å². The predicted octanol–water partition coefficient (Wildman–Crippen LogP) is 0.673. The van der Waals surface area contributed by atoms with E-state index in [1.54, 1.807) is 19.4 Å². The molecule has 88 valence electrons. The van der Waals surface area contributed by atoms with E-state index in [4.69, 9.17) is 4.74 Å². The van der Waals surface area contributed by atoms with Gasteiger partial charge in [-0.15, -0.1) is 0 Å². The van der Waals surface area contributed by atoms with Crippen LogP contribution in [0.2, 0.25) is 0 Å². The van der Waals surface area contributed by atoms with E-state index in [2.05, 4.69) is 34.0 Å². The highest BCUT2D eigenvalue weighted by Gasteiger charge is 2.31. The van der Waals surface area contributed by atoms with Crippen LogP contribution in [0, 0.1) is 0 Å². The van der Waals surface area contributed by atoms with Crippen LogP contribution in [0.5, 0.6) is 5.88 Å². The summed E-state index contributed by atoms with van der Waals surface area (Å²) >= 11 is 0. The third kappa shape index (κ3) is 2.09. The molecule has 1 aromatic heterocycles. The molecule has 2 heterocycles. The standard InChI is InChI=1S/C11H18N4O/c1-11(2)8-12-6-7-15(11)10-13-5-4-9(14-10)16-3/h4-5,12H,6-8H2,1-3H3. The zero-order chi connectivity index (χ0) is 11.6. The van der Waals surface area contributed by atoms with E-state index in [1.165, 1.54) is 0 Å². The average Bonchev–Trinajstić information content (AvgIpc) is 2.28. The highest BCUT2D eigenvalue weighted by molar-refractivity contribution is 5.37. The molecule has 0 amide bonds. The fraction of sp³-hybridized carbons (Fsp3) is 0.636. The van der Waals surface area contributed by atoms with Crippen molar-refractivity contribution in [2.45, 2.75) is 19.4 Å². The lowest BCUT2D eigenvalue weighted by atomic mass is 10.0. The first kappa shape index (κ1) is 11.1. The summed E-state index contributed by atoms with van der Waals surface area (Å²) in [5, 5.41) is 3.37. The molecule has 1 aliphatic heterocycles. The number of hydrogen-bond donors (Lipinski definition) is 1. The Labute approximate surface area is 95.8 Å². The smallest absolute Gasteiger partial charge is 0.229 e. The Morgan fingerprint density at radius 1 is 1.50 bits per heavy atom. The summed E-state index contributed by atoms with van der Waals surface area (Å²) in [6.45, 7) is 7.18. The third-order valence-corrected chi connectivity index (χ3v) is 2.87. The van der Waals surface area contributed by atoms with Crippen LogP contribution in [0.4, 0.5) is 5.95 Å². The van der Waals surface area contributed by atoms with Crippen molar-refractivity contribution < 1.29 is 4.74 Å². The molecule has 0 unspecified atom stereocenters. The minimum atomic E-state index is 0.0324. The first-order valence-electron chi connectivity index (χ1n) is 5.49. The molecule has 0 aliphatic carbocycles. The highest BCUT2D eigenvalue weighted by Crippen LogP contribution is 2.22. The minimum Gasteiger partial charge on any atom is -0.481 e. The van der Waals surface area contributed by atoms with Gasteiger partial charge < -0.3 is 15.0 Å². The van der Waals surface area contributed by atoms with E-state index in [0.717, 1.165) is 25.6 Å². The van der Waals surface area contributed by atoms with E-state index in [0.29, 0.717) is 5.88 Å². The van der Waals surface area contributed by atoms with Crippen LogP contribution >= 0.6 is 0 Å². The molecule has 0 aromatic carbocycles. The number of nitrogens with zero attached hydrogens (tertiary/aromatic N) is 3. The molecule has 16 heavy (non-hydrogen) atoms. The third-order valence-electron chi connectivity index (χ3n) is 2.87. The first-order chi connectivity index (χ1) is 7.63. The first-order valence-corrected chi connectivity index (χ1v) is 5.49. The summed E-state index contributed by atoms with van der Waals surface area (Å²) in [6, 6.07) is 1.76. The van der Waals surface area contributed by atoms with Crippen LogP contribution in [0.1, 0.15) is 13.8 Å². The Kier molecular flexibility index (Phi) is 2.96. The minimum absolute atomic E-state index is 0.0324. The van der Waals surface area contributed by atoms with Crippen LogP contribution in [0.3, 0.4) is 0 Å². The van der Waals surface area contributed by atoms with Gasteiger partial charge in [-0.05, 0) is 13.8 Å². The Balaban J connectivity index is 2.27. The topological polar surface area (TPSA) is 50.3 Å². The molecule has 5 heteroatoms. The predicted molar refractivity (Wildman–Crippen MR) is 62.9 cm³/mol. The summed E-state index contributed by atoms with van der Waals surface area (Å²) in [4.78, 5) is 10.9. The van der Waals surface area contributed by atoms with Gasteiger partial charge in [0.25, 0.3) is 0 Å². The summed E-state index contributed by atoms with van der Waals surface area (Å²) in [6.07, 6.45) is 1.74. The second-order valence-corrected chi connectivity index (χ2v) is 4.54. The van der Waals surface area contributed by atoms with Crippen molar-refractivity contribution in [3.05, 3.63) is 12.3 Å². The summed E-state index contributed by atoms with van der Waals surface area (Å²) in [5.74, 6) is 1.35. The number of piperazine rings is 1. The lowest BCUT2D eigenvalue weighted by Crippen LogP contribution is -2.58. The van der Waals surface area contributed by atoms with E-state index in [-0.39, 0.29) is 5.54 Å². The Morgan fingerprint density at radius 3 is 3.00 bits per heavy atom. The second kappa shape index (κ2) is 4.25. The number of anilines is 1. The van der Waals surface area contributed by atoms with Gasteiger partial charge in [-0.2, -0.15) is 4.98 Å². The molecule has 0 spiro atoms. The van der Waals surface area contributed by atoms with Gasteiger partial charge in [-0.3, -0.25) is 0 Å². The lowest BCUT2D eigenvalue weighted by Gasteiger charge is -2.42. The van der Waals surface area contributed by atoms with Crippen LogP contribution in [0.25, 0.3) is 0 Å². The monoisotopic (exact) mass is 222 g/mol. The molecule has 0 bridgehead atoms. The van der Waals surface area contributed by atoms with E-state index >= 15 is 0 Å².